The maximum atomic E-state index is 3.78. The highest BCUT2D eigenvalue weighted by Crippen LogP contribution is 2.28. The summed E-state index contributed by atoms with van der Waals surface area (Å²) in [6.07, 6.45) is 8.61. The summed E-state index contributed by atoms with van der Waals surface area (Å²) in [6, 6.07) is 0.738. The van der Waals surface area contributed by atoms with E-state index < -0.39 is 0 Å². The molecule has 1 saturated heterocycles. The normalized spacial score (nSPS) is 22.3. The van der Waals surface area contributed by atoms with Gasteiger partial charge in [-0.1, -0.05) is 25.8 Å². The average molecular weight is 274 g/mol. The van der Waals surface area contributed by atoms with Crippen molar-refractivity contribution in [2.75, 3.05) is 23.8 Å². The molecule has 1 nitrogen and oxygen atoms in total. The van der Waals surface area contributed by atoms with Gasteiger partial charge in [0.05, 0.1) is 0 Å². The first-order valence-corrected chi connectivity index (χ1v) is 9.12. The molecule has 0 aromatic rings. The molecule has 1 heterocycles. The average Bonchev–Trinajstić information content (AvgIpc) is 2.38. The third-order valence-corrected chi connectivity index (χ3v) is 6.10. The SMILES string of the molecule is C=CCCCCCC(NCC)C1CSCCS1. The summed E-state index contributed by atoms with van der Waals surface area (Å²) in [5.74, 6) is 4.03. The van der Waals surface area contributed by atoms with E-state index in [-0.39, 0.29) is 0 Å². The Kier molecular flexibility index (Phi) is 9.40. The van der Waals surface area contributed by atoms with E-state index in [0.29, 0.717) is 0 Å². The quantitative estimate of drug-likeness (QED) is 0.505. The Bertz CT molecular complexity index is 191. The molecule has 100 valence electrons. The van der Waals surface area contributed by atoms with Crippen LogP contribution in [-0.2, 0) is 0 Å². The Hall–Kier alpha value is 0.400. The lowest BCUT2D eigenvalue weighted by molar-refractivity contribution is 0.466. The number of hydrogen-bond donors (Lipinski definition) is 1. The van der Waals surface area contributed by atoms with Gasteiger partial charge in [-0.25, -0.2) is 0 Å². The molecular weight excluding hydrogens is 246 g/mol. The van der Waals surface area contributed by atoms with Crippen molar-refractivity contribution in [2.45, 2.75) is 50.3 Å². The van der Waals surface area contributed by atoms with Crippen LogP contribution < -0.4 is 5.32 Å². The molecule has 17 heavy (non-hydrogen) atoms. The topological polar surface area (TPSA) is 12.0 Å². The van der Waals surface area contributed by atoms with Crippen molar-refractivity contribution in [3.63, 3.8) is 0 Å². The largest absolute Gasteiger partial charge is 0.313 e. The summed E-state index contributed by atoms with van der Waals surface area (Å²) in [6.45, 7) is 7.12. The highest BCUT2D eigenvalue weighted by Gasteiger charge is 2.23. The lowest BCUT2D eigenvalue weighted by atomic mass is 10.0. The van der Waals surface area contributed by atoms with Crippen LogP contribution in [0.1, 0.15) is 39.0 Å². The molecule has 0 aromatic carbocycles. The number of nitrogens with one attached hydrogen (secondary N) is 1. The first-order chi connectivity index (χ1) is 8.38. The van der Waals surface area contributed by atoms with Crippen molar-refractivity contribution in [1.82, 2.24) is 5.32 Å². The second-order valence-electron chi connectivity index (χ2n) is 4.58. The highest BCUT2D eigenvalue weighted by molar-refractivity contribution is 8.06. The van der Waals surface area contributed by atoms with Gasteiger partial charge in [0.15, 0.2) is 0 Å². The van der Waals surface area contributed by atoms with Crippen LogP contribution in [0.15, 0.2) is 12.7 Å². The van der Waals surface area contributed by atoms with Gasteiger partial charge in [-0.2, -0.15) is 23.5 Å². The number of rotatable bonds is 9. The number of thioether (sulfide) groups is 2. The minimum atomic E-state index is 0.738. The highest BCUT2D eigenvalue weighted by atomic mass is 32.2. The first-order valence-electron chi connectivity index (χ1n) is 6.92. The van der Waals surface area contributed by atoms with E-state index in [1.807, 2.05) is 6.08 Å². The van der Waals surface area contributed by atoms with Crippen LogP contribution in [0.5, 0.6) is 0 Å². The van der Waals surface area contributed by atoms with E-state index in [0.717, 1.165) is 17.8 Å². The molecule has 0 aliphatic carbocycles. The van der Waals surface area contributed by atoms with E-state index in [4.69, 9.17) is 0 Å². The fourth-order valence-corrected chi connectivity index (χ4v) is 5.18. The lowest BCUT2D eigenvalue weighted by Crippen LogP contribution is -2.40. The standard InChI is InChI=1S/C14H27NS2/c1-3-5-6-7-8-9-13(15-4-2)14-12-16-10-11-17-14/h3,13-15H,1,4-12H2,2H3. The monoisotopic (exact) mass is 273 g/mol. The van der Waals surface area contributed by atoms with E-state index >= 15 is 0 Å². The van der Waals surface area contributed by atoms with E-state index in [2.05, 4.69) is 42.3 Å². The second kappa shape index (κ2) is 10.3. The molecule has 2 unspecified atom stereocenters. The minimum Gasteiger partial charge on any atom is -0.313 e. The summed E-state index contributed by atoms with van der Waals surface area (Å²) in [5, 5.41) is 4.53. The molecule has 0 radical (unpaired) electrons. The predicted molar refractivity (Wildman–Crippen MR) is 84.3 cm³/mol. The number of allylic oxidation sites excluding steroid dienone is 1. The summed E-state index contributed by atoms with van der Waals surface area (Å²) in [5.41, 5.74) is 0. The van der Waals surface area contributed by atoms with Crippen LogP contribution in [0, 0.1) is 0 Å². The van der Waals surface area contributed by atoms with Crippen LogP contribution >= 0.6 is 23.5 Å². The van der Waals surface area contributed by atoms with Crippen molar-refractivity contribution in [2.24, 2.45) is 0 Å². The van der Waals surface area contributed by atoms with Crippen molar-refractivity contribution in [3.8, 4) is 0 Å². The Morgan fingerprint density at radius 2 is 2.24 bits per heavy atom. The molecule has 3 heteroatoms. The van der Waals surface area contributed by atoms with Crippen LogP contribution in [0.4, 0.5) is 0 Å². The molecule has 0 aromatic heterocycles. The summed E-state index contributed by atoms with van der Waals surface area (Å²) in [4.78, 5) is 0. The van der Waals surface area contributed by atoms with Gasteiger partial charge in [0.1, 0.15) is 0 Å². The van der Waals surface area contributed by atoms with Gasteiger partial charge < -0.3 is 5.32 Å². The van der Waals surface area contributed by atoms with Crippen LogP contribution in [0.2, 0.25) is 0 Å². The molecular formula is C14H27NS2. The third-order valence-electron chi connectivity index (χ3n) is 3.18. The molecule has 0 bridgehead atoms. The summed E-state index contributed by atoms with van der Waals surface area (Å²) < 4.78 is 0. The van der Waals surface area contributed by atoms with Crippen molar-refractivity contribution < 1.29 is 0 Å². The van der Waals surface area contributed by atoms with Crippen LogP contribution in [-0.4, -0.2) is 35.1 Å². The minimum absolute atomic E-state index is 0.738. The zero-order chi connectivity index (χ0) is 12.3. The smallest absolute Gasteiger partial charge is 0.0291 e. The zero-order valence-corrected chi connectivity index (χ0v) is 12.8. The van der Waals surface area contributed by atoms with Gasteiger partial charge in [-0.3, -0.25) is 0 Å². The van der Waals surface area contributed by atoms with E-state index in [1.165, 1.54) is 49.4 Å². The Morgan fingerprint density at radius 3 is 2.88 bits per heavy atom. The Labute approximate surface area is 116 Å². The van der Waals surface area contributed by atoms with Gasteiger partial charge in [0, 0.05) is 28.6 Å². The van der Waals surface area contributed by atoms with Gasteiger partial charge in [0.25, 0.3) is 0 Å². The zero-order valence-electron chi connectivity index (χ0n) is 11.1. The van der Waals surface area contributed by atoms with Crippen molar-refractivity contribution >= 4 is 23.5 Å². The summed E-state index contributed by atoms with van der Waals surface area (Å²) >= 11 is 4.31. The third kappa shape index (κ3) is 6.78. The molecule has 0 saturated carbocycles. The Balaban J connectivity index is 2.19. The molecule has 0 amide bonds. The molecule has 0 spiro atoms. The number of unbranched alkanes of at least 4 members (excludes halogenated alkanes) is 3. The predicted octanol–water partition coefficient (Wildman–Crippen LogP) is 3.95. The number of hydrogen-bond acceptors (Lipinski definition) is 3. The molecule has 1 N–H and O–H groups in total. The fraction of sp³-hybridized carbons (Fsp3) is 0.857. The van der Waals surface area contributed by atoms with Crippen LogP contribution in [0.25, 0.3) is 0 Å². The van der Waals surface area contributed by atoms with Crippen LogP contribution in [0.3, 0.4) is 0 Å². The molecule has 1 fully saturated rings. The van der Waals surface area contributed by atoms with Gasteiger partial charge in [0.2, 0.25) is 0 Å². The first kappa shape index (κ1) is 15.5. The molecule has 2 atom stereocenters. The van der Waals surface area contributed by atoms with E-state index in [1.54, 1.807) is 0 Å². The lowest BCUT2D eigenvalue weighted by Gasteiger charge is -2.30. The van der Waals surface area contributed by atoms with Gasteiger partial charge in [-0.15, -0.1) is 6.58 Å². The molecule has 1 rings (SSSR count). The second-order valence-corrected chi connectivity index (χ2v) is 7.07. The maximum absolute atomic E-state index is 3.78. The van der Waals surface area contributed by atoms with E-state index in [9.17, 15) is 0 Å². The van der Waals surface area contributed by atoms with Crippen molar-refractivity contribution in [1.29, 1.82) is 0 Å². The maximum Gasteiger partial charge on any atom is 0.0291 e. The summed E-state index contributed by atoms with van der Waals surface area (Å²) in [7, 11) is 0. The molecule has 1 aliphatic heterocycles. The Morgan fingerprint density at radius 1 is 1.35 bits per heavy atom. The van der Waals surface area contributed by atoms with Gasteiger partial charge >= 0.3 is 0 Å². The van der Waals surface area contributed by atoms with Gasteiger partial charge in [-0.05, 0) is 25.8 Å². The fourth-order valence-electron chi connectivity index (χ4n) is 2.25. The molecule has 1 aliphatic rings. The van der Waals surface area contributed by atoms with Crippen molar-refractivity contribution in [3.05, 3.63) is 12.7 Å².